The Morgan fingerprint density at radius 3 is 2.53 bits per heavy atom. The fourth-order valence-corrected chi connectivity index (χ4v) is 3.87. The van der Waals surface area contributed by atoms with E-state index in [2.05, 4.69) is 11.1 Å². The Morgan fingerprint density at radius 1 is 1.27 bits per heavy atom. The van der Waals surface area contributed by atoms with E-state index in [9.17, 15) is 10.1 Å². The van der Waals surface area contributed by atoms with Crippen LogP contribution in [0.5, 0.6) is 0 Å². The summed E-state index contributed by atoms with van der Waals surface area (Å²) in [6.07, 6.45) is 0. The normalized spacial score (nSPS) is 17.1. The van der Waals surface area contributed by atoms with Crippen molar-refractivity contribution in [1.29, 1.82) is 5.26 Å². The summed E-state index contributed by atoms with van der Waals surface area (Å²) in [5, 5.41) is 10.9. The molecular weight excluding hydrogens is 402 g/mol. The third-order valence-corrected chi connectivity index (χ3v) is 5.10. The number of fused-ring (bicyclic) bond motifs is 1. The largest absolute Gasteiger partial charge is 0.456 e. The summed E-state index contributed by atoms with van der Waals surface area (Å²) in [6.45, 7) is 10.9. The van der Waals surface area contributed by atoms with Crippen molar-refractivity contribution in [2.24, 2.45) is 5.73 Å². The molecule has 0 unspecified atom stereocenters. The lowest BCUT2D eigenvalue weighted by molar-refractivity contribution is -0.150. The average Bonchev–Trinajstić information content (AvgIpc) is 2.58. The summed E-state index contributed by atoms with van der Waals surface area (Å²) in [4.78, 5) is 17.6. The van der Waals surface area contributed by atoms with Crippen molar-refractivity contribution in [1.82, 2.24) is 4.98 Å². The maximum atomic E-state index is 13.1. The van der Waals surface area contributed by atoms with Gasteiger partial charge in [0.15, 0.2) is 0 Å². The van der Waals surface area contributed by atoms with Gasteiger partial charge in [0.05, 0.1) is 17.0 Å². The maximum absolute atomic E-state index is 13.1. The first kappa shape index (κ1) is 21.7. The standard InChI is InChI=1S/C23H24ClN3O3/c1-11-7-12(2)14-9-15(20(24)27-17(14)8-11)19-16(10-25)21(26)29-13(3)18(19)22(28)30-23(4,5)6/h7-9,19H,26H2,1-6H3/t19-/m1/s1. The lowest BCUT2D eigenvalue weighted by Crippen LogP contribution is -2.30. The molecule has 3 rings (SSSR count). The van der Waals surface area contributed by atoms with Gasteiger partial charge < -0.3 is 15.2 Å². The molecule has 2 N–H and O–H groups in total. The number of benzene rings is 1. The third kappa shape index (κ3) is 3.99. The van der Waals surface area contributed by atoms with Gasteiger partial charge in [-0.05, 0) is 64.8 Å². The molecule has 0 amide bonds. The van der Waals surface area contributed by atoms with E-state index in [1.54, 1.807) is 27.7 Å². The molecule has 2 aromatic rings. The number of aromatic nitrogens is 1. The number of carbonyl (C=O) groups is 1. The molecule has 7 heteroatoms. The van der Waals surface area contributed by atoms with Crippen LogP contribution < -0.4 is 5.73 Å². The second-order valence-corrected chi connectivity index (χ2v) is 8.77. The zero-order chi connectivity index (χ0) is 22.4. The van der Waals surface area contributed by atoms with Crippen LogP contribution in [0.3, 0.4) is 0 Å². The monoisotopic (exact) mass is 425 g/mol. The van der Waals surface area contributed by atoms with E-state index >= 15 is 0 Å². The van der Waals surface area contributed by atoms with E-state index in [4.69, 9.17) is 26.8 Å². The summed E-state index contributed by atoms with van der Waals surface area (Å²) in [6, 6.07) is 7.91. The van der Waals surface area contributed by atoms with Crippen molar-refractivity contribution in [3.63, 3.8) is 0 Å². The maximum Gasteiger partial charge on any atom is 0.338 e. The quantitative estimate of drug-likeness (QED) is 0.541. The Balaban J connectivity index is 2.28. The number of nitriles is 1. The number of aryl methyl sites for hydroxylation is 2. The molecule has 30 heavy (non-hydrogen) atoms. The van der Waals surface area contributed by atoms with E-state index in [0.29, 0.717) is 5.56 Å². The Hall–Kier alpha value is -3.04. The minimum atomic E-state index is -0.844. The molecule has 0 bridgehead atoms. The molecule has 0 spiro atoms. The van der Waals surface area contributed by atoms with E-state index in [-0.39, 0.29) is 27.9 Å². The number of nitrogens with zero attached hydrogens (tertiary/aromatic N) is 2. The van der Waals surface area contributed by atoms with Crippen LogP contribution in [-0.2, 0) is 14.3 Å². The van der Waals surface area contributed by atoms with E-state index in [1.807, 2.05) is 32.0 Å². The molecule has 0 fully saturated rings. The first-order chi connectivity index (χ1) is 13.9. The fraction of sp³-hybridized carbons (Fsp3) is 0.348. The molecule has 0 saturated heterocycles. The van der Waals surface area contributed by atoms with Crippen LogP contribution in [-0.4, -0.2) is 16.6 Å². The van der Waals surface area contributed by atoms with Gasteiger partial charge in [-0.3, -0.25) is 0 Å². The molecule has 1 aliphatic rings. The number of ether oxygens (including phenoxy) is 2. The molecular formula is C23H24ClN3O3. The molecule has 1 atom stereocenters. The Labute approximate surface area is 180 Å². The summed E-state index contributed by atoms with van der Waals surface area (Å²) >= 11 is 6.56. The number of rotatable bonds is 2. The van der Waals surface area contributed by atoms with Crippen LogP contribution in [0.15, 0.2) is 41.0 Å². The summed E-state index contributed by atoms with van der Waals surface area (Å²) in [7, 11) is 0. The fourth-order valence-electron chi connectivity index (χ4n) is 3.61. The van der Waals surface area contributed by atoms with Crippen molar-refractivity contribution in [2.45, 2.75) is 53.1 Å². The van der Waals surface area contributed by atoms with Gasteiger partial charge in [0.1, 0.15) is 28.2 Å². The Bertz CT molecular complexity index is 1170. The highest BCUT2D eigenvalue weighted by Gasteiger charge is 2.39. The minimum absolute atomic E-state index is 0.0656. The van der Waals surface area contributed by atoms with Gasteiger partial charge in [0, 0.05) is 10.9 Å². The van der Waals surface area contributed by atoms with Crippen LogP contribution in [0.4, 0.5) is 0 Å². The van der Waals surface area contributed by atoms with E-state index < -0.39 is 17.5 Å². The van der Waals surface area contributed by atoms with Crippen molar-refractivity contribution in [2.75, 3.05) is 0 Å². The molecule has 2 heterocycles. The van der Waals surface area contributed by atoms with Crippen LogP contribution in [0.2, 0.25) is 5.15 Å². The Morgan fingerprint density at radius 2 is 1.93 bits per heavy atom. The van der Waals surface area contributed by atoms with E-state index in [1.165, 1.54) is 0 Å². The number of allylic oxidation sites excluding steroid dienone is 2. The molecule has 1 aromatic heterocycles. The van der Waals surface area contributed by atoms with Gasteiger partial charge >= 0.3 is 5.97 Å². The predicted molar refractivity (Wildman–Crippen MR) is 115 cm³/mol. The molecule has 0 aliphatic carbocycles. The van der Waals surface area contributed by atoms with Gasteiger partial charge in [-0.15, -0.1) is 0 Å². The highest BCUT2D eigenvalue weighted by atomic mass is 35.5. The van der Waals surface area contributed by atoms with Gasteiger partial charge in [-0.25, -0.2) is 9.78 Å². The number of hydrogen-bond donors (Lipinski definition) is 1. The summed E-state index contributed by atoms with van der Waals surface area (Å²) in [5.74, 6) is -1.24. The van der Waals surface area contributed by atoms with Crippen LogP contribution >= 0.6 is 11.6 Å². The van der Waals surface area contributed by atoms with Crippen molar-refractivity contribution in [3.05, 3.63) is 62.8 Å². The summed E-state index contributed by atoms with van der Waals surface area (Å²) in [5.41, 5.74) is 8.86. The van der Waals surface area contributed by atoms with Crippen molar-refractivity contribution >= 4 is 28.5 Å². The van der Waals surface area contributed by atoms with Crippen LogP contribution in [0.25, 0.3) is 10.9 Å². The molecule has 1 aromatic carbocycles. The van der Waals surface area contributed by atoms with Gasteiger partial charge in [0.25, 0.3) is 0 Å². The van der Waals surface area contributed by atoms with Gasteiger partial charge in [-0.1, -0.05) is 17.7 Å². The van der Waals surface area contributed by atoms with Crippen LogP contribution in [0, 0.1) is 25.2 Å². The predicted octanol–water partition coefficient (Wildman–Crippen LogP) is 4.93. The zero-order valence-electron chi connectivity index (χ0n) is 17.9. The topological polar surface area (TPSA) is 98.2 Å². The first-order valence-corrected chi connectivity index (χ1v) is 9.90. The van der Waals surface area contributed by atoms with Gasteiger partial charge in [-0.2, -0.15) is 5.26 Å². The highest BCUT2D eigenvalue weighted by molar-refractivity contribution is 6.31. The number of halogens is 1. The number of pyridine rings is 1. The first-order valence-electron chi connectivity index (χ1n) is 9.52. The molecule has 0 saturated carbocycles. The number of carbonyl (C=O) groups excluding carboxylic acids is 1. The number of nitrogens with two attached hydrogens (primary N) is 1. The molecule has 1 aliphatic heterocycles. The highest BCUT2D eigenvalue weighted by Crippen LogP contribution is 2.43. The molecule has 6 nitrogen and oxygen atoms in total. The average molecular weight is 426 g/mol. The Kier molecular flexibility index (Phi) is 5.53. The van der Waals surface area contributed by atoms with Gasteiger partial charge in [0.2, 0.25) is 5.88 Å². The SMILES string of the molecule is CC1=C(C(=O)OC(C)(C)C)[C@H](c2cc3c(C)cc(C)cc3nc2Cl)C(C#N)=C(N)O1. The van der Waals surface area contributed by atoms with E-state index in [0.717, 1.165) is 22.0 Å². The number of hydrogen-bond acceptors (Lipinski definition) is 6. The number of esters is 1. The minimum Gasteiger partial charge on any atom is -0.456 e. The second kappa shape index (κ2) is 7.66. The van der Waals surface area contributed by atoms with Crippen molar-refractivity contribution in [3.8, 4) is 6.07 Å². The third-order valence-electron chi connectivity index (χ3n) is 4.80. The lowest BCUT2D eigenvalue weighted by Gasteiger charge is -2.29. The molecule has 0 radical (unpaired) electrons. The van der Waals surface area contributed by atoms with Crippen LogP contribution in [0.1, 0.15) is 50.3 Å². The second-order valence-electron chi connectivity index (χ2n) is 8.41. The van der Waals surface area contributed by atoms with Crippen molar-refractivity contribution < 1.29 is 14.3 Å². The molecule has 156 valence electrons. The smallest absolute Gasteiger partial charge is 0.338 e. The summed E-state index contributed by atoms with van der Waals surface area (Å²) < 4.78 is 11.1. The zero-order valence-corrected chi connectivity index (χ0v) is 18.6. The lowest BCUT2D eigenvalue weighted by atomic mass is 9.83.